The van der Waals surface area contributed by atoms with E-state index in [2.05, 4.69) is 10.3 Å². The van der Waals surface area contributed by atoms with E-state index in [0.29, 0.717) is 24.3 Å². The first-order chi connectivity index (χ1) is 14.8. The molecule has 2 aliphatic heterocycles. The van der Waals surface area contributed by atoms with Crippen molar-refractivity contribution >= 4 is 15.9 Å². The summed E-state index contributed by atoms with van der Waals surface area (Å²) >= 11 is 0. The van der Waals surface area contributed by atoms with Gasteiger partial charge in [-0.05, 0) is 37.5 Å². The SMILES string of the molecule is Cc1[nH]c(=O)[nH]c(=O)c1S(=O)(=O)N1CCC[C@@H](C(=O)NCc2ccc3c(c2)OCO3)C1. The van der Waals surface area contributed by atoms with Crippen molar-refractivity contribution in [3.8, 4) is 11.5 Å². The highest BCUT2D eigenvalue weighted by Gasteiger charge is 2.35. The predicted octanol–water partition coefficient (Wildman–Crippen LogP) is -0.183. The molecule has 31 heavy (non-hydrogen) atoms. The van der Waals surface area contributed by atoms with Gasteiger partial charge in [0.25, 0.3) is 5.56 Å². The Hall–Kier alpha value is -3.12. The van der Waals surface area contributed by atoms with Gasteiger partial charge in [-0.15, -0.1) is 0 Å². The van der Waals surface area contributed by atoms with Gasteiger partial charge in [-0.2, -0.15) is 4.31 Å². The lowest BCUT2D eigenvalue weighted by molar-refractivity contribution is -0.126. The first-order valence-electron chi connectivity index (χ1n) is 9.75. The first-order valence-corrected chi connectivity index (χ1v) is 11.2. The second-order valence-corrected chi connectivity index (χ2v) is 9.34. The number of H-pyrrole nitrogens is 2. The van der Waals surface area contributed by atoms with Gasteiger partial charge in [-0.25, -0.2) is 13.2 Å². The number of nitrogens with one attached hydrogen (secondary N) is 3. The van der Waals surface area contributed by atoms with Crippen molar-refractivity contribution in [2.45, 2.75) is 31.2 Å². The van der Waals surface area contributed by atoms with Gasteiger partial charge in [0.05, 0.1) is 5.92 Å². The fourth-order valence-electron chi connectivity index (χ4n) is 3.79. The summed E-state index contributed by atoms with van der Waals surface area (Å²) in [5.74, 6) is 0.434. The Bertz CT molecular complexity index is 1230. The minimum absolute atomic E-state index is 0.0388. The van der Waals surface area contributed by atoms with Crippen molar-refractivity contribution in [1.82, 2.24) is 19.6 Å². The molecule has 1 aromatic carbocycles. The number of rotatable bonds is 5. The van der Waals surface area contributed by atoms with Gasteiger partial charge in [0.2, 0.25) is 22.7 Å². The number of hydrogen-bond acceptors (Lipinski definition) is 7. The third kappa shape index (κ3) is 4.21. The summed E-state index contributed by atoms with van der Waals surface area (Å²) in [5, 5.41) is 2.83. The van der Waals surface area contributed by atoms with E-state index >= 15 is 0 Å². The monoisotopic (exact) mass is 450 g/mol. The number of ether oxygens (including phenoxy) is 2. The van der Waals surface area contributed by atoms with Gasteiger partial charge < -0.3 is 19.8 Å². The highest BCUT2D eigenvalue weighted by Crippen LogP contribution is 2.32. The van der Waals surface area contributed by atoms with E-state index in [0.717, 1.165) is 9.87 Å². The highest BCUT2D eigenvalue weighted by atomic mass is 32.2. The van der Waals surface area contributed by atoms with Crippen molar-refractivity contribution in [3.05, 3.63) is 50.3 Å². The van der Waals surface area contributed by atoms with Crippen molar-refractivity contribution in [3.63, 3.8) is 0 Å². The molecule has 2 aromatic rings. The third-order valence-electron chi connectivity index (χ3n) is 5.33. The summed E-state index contributed by atoms with van der Waals surface area (Å²) in [6.07, 6.45) is 1.00. The van der Waals surface area contributed by atoms with E-state index in [1.165, 1.54) is 6.92 Å². The van der Waals surface area contributed by atoms with Crippen LogP contribution in [-0.4, -0.2) is 48.5 Å². The lowest BCUT2D eigenvalue weighted by atomic mass is 9.98. The smallest absolute Gasteiger partial charge is 0.325 e. The molecule has 3 heterocycles. The second-order valence-electron chi connectivity index (χ2n) is 7.47. The predicted molar refractivity (Wildman–Crippen MR) is 108 cm³/mol. The van der Waals surface area contributed by atoms with Crippen LogP contribution >= 0.6 is 0 Å². The maximum absolute atomic E-state index is 13.0. The molecule has 11 nitrogen and oxygen atoms in total. The summed E-state index contributed by atoms with van der Waals surface area (Å²) in [5.41, 5.74) is -0.965. The summed E-state index contributed by atoms with van der Waals surface area (Å²) in [6, 6.07) is 5.37. The van der Waals surface area contributed by atoms with E-state index in [1.54, 1.807) is 12.1 Å². The van der Waals surface area contributed by atoms with Crippen LogP contribution < -0.4 is 26.0 Å². The molecule has 1 amide bonds. The van der Waals surface area contributed by atoms with E-state index in [4.69, 9.17) is 9.47 Å². The van der Waals surface area contributed by atoms with Crippen LogP contribution in [0.25, 0.3) is 0 Å². The zero-order chi connectivity index (χ0) is 22.2. The molecule has 1 fully saturated rings. The minimum atomic E-state index is -4.17. The fourth-order valence-corrected chi connectivity index (χ4v) is 5.51. The third-order valence-corrected chi connectivity index (χ3v) is 7.35. The number of aromatic amines is 2. The average Bonchev–Trinajstić information content (AvgIpc) is 3.19. The molecule has 1 saturated heterocycles. The topological polar surface area (TPSA) is 151 Å². The number of carbonyl (C=O) groups is 1. The molecule has 3 N–H and O–H groups in total. The maximum atomic E-state index is 13.0. The average molecular weight is 450 g/mol. The standard InChI is InChI=1S/C19H22N4O7S/c1-11-16(18(25)22-19(26)21-11)31(27,28)23-6-2-3-13(9-23)17(24)20-8-12-4-5-14-15(7-12)30-10-29-14/h4-5,7,13H,2-3,6,8-10H2,1H3,(H,20,24)(H2,21,22,25,26)/t13-/m1/s1. The quantitative estimate of drug-likeness (QED) is 0.572. The van der Waals surface area contributed by atoms with E-state index < -0.39 is 32.1 Å². The first kappa shape index (κ1) is 21.1. The van der Waals surface area contributed by atoms with Gasteiger partial charge in [0.15, 0.2) is 16.4 Å². The molecule has 1 atom stereocenters. The maximum Gasteiger partial charge on any atom is 0.325 e. The molecule has 0 unspecified atom stereocenters. The number of hydrogen-bond donors (Lipinski definition) is 3. The normalized spacial score (nSPS) is 18.7. The zero-order valence-electron chi connectivity index (χ0n) is 16.8. The van der Waals surface area contributed by atoms with Crippen LogP contribution in [0.3, 0.4) is 0 Å². The highest BCUT2D eigenvalue weighted by molar-refractivity contribution is 7.89. The van der Waals surface area contributed by atoms with Crippen LogP contribution in [0.15, 0.2) is 32.7 Å². The Morgan fingerprint density at radius 2 is 2.00 bits per heavy atom. The van der Waals surface area contributed by atoms with Crippen LogP contribution in [-0.2, 0) is 21.4 Å². The molecule has 2 aliphatic rings. The molecular weight excluding hydrogens is 428 g/mol. The van der Waals surface area contributed by atoms with Gasteiger partial charge >= 0.3 is 5.69 Å². The van der Waals surface area contributed by atoms with Gasteiger partial charge in [0.1, 0.15) is 0 Å². The van der Waals surface area contributed by atoms with Crippen molar-refractivity contribution in [2.24, 2.45) is 5.92 Å². The van der Waals surface area contributed by atoms with Gasteiger partial charge in [-0.1, -0.05) is 6.07 Å². The number of piperidine rings is 1. The molecule has 0 radical (unpaired) electrons. The van der Waals surface area contributed by atoms with E-state index in [9.17, 15) is 22.8 Å². The Morgan fingerprint density at radius 1 is 1.23 bits per heavy atom. The van der Waals surface area contributed by atoms with E-state index in [-0.39, 0.29) is 38.0 Å². The summed E-state index contributed by atoms with van der Waals surface area (Å²) in [4.78, 5) is 39.9. The number of carbonyl (C=O) groups excluding carboxylic acids is 1. The molecule has 1 aromatic heterocycles. The van der Waals surface area contributed by atoms with Crippen LogP contribution in [0.2, 0.25) is 0 Å². The summed E-state index contributed by atoms with van der Waals surface area (Å²) in [6.45, 7) is 1.91. The molecule has 0 bridgehead atoms. The second kappa shape index (κ2) is 8.19. The Morgan fingerprint density at radius 3 is 2.77 bits per heavy atom. The van der Waals surface area contributed by atoms with Crippen LogP contribution in [0, 0.1) is 12.8 Å². The van der Waals surface area contributed by atoms with Crippen molar-refractivity contribution in [1.29, 1.82) is 0 Å². The van der Waals surface area contributed by atoms with Gasteiger partial charge in [-0.3, -0.25) is 14.6 Å². The van der Waals surface area contributed by atoms with Crippen LogP contribution in [0.4, 0.5) is 0 Å². The summed E-state index contributed by atoms with van der Waals surface area (Å²) in [7, 11) is -4.17. The largest absolute Gasteiger partial charge is 0.454 e. The number of aromatic nitrogens is 2. The lowest BCUT2D eigenvalue weighted by Gasteiger charge is -2.31. The number of amides is 1. The summed E-state index contributed by atoms with van der Waals surface area (Å²) < 4.78 is 37.8. The molecule has 12 heteroatoms. The van der Waals surface area contributed by atoms with Crippen molar-refractivity contribution < 1.29 is 22.7 Å². The zero-order valence-corrected chi connectivity index (χ0v) is 17.6. The molecule has 4 rings (SSSR count). The molecule has 0 saturated carbocycles. The number of sulfonamides is 1. The van der Waals surface area contributed by atoms with Crippen LogP contribution in [0.5, 0.6) is 11.5 Å². The number of nitrogens with zero attached hydrogens (tertiary/aromatic N) is 1. The number of benzene rings is 1. The van der Waals surface area contributed by atoms with Crippen molar-refractivity contribution in [2.75, 3.05) is 19.9 Å². The van der Waals surface area contributed by atoms with Crippen LogP contribution in [0.1, 0.15) is 24.1 Å². The molecule has 0 spiro atoms. The fraction of sp³-hybridized carbons (Fsp3) is 0.421. The Labute approximate surface area is 177 Å². The molecular formula is C19H22N4O7S. The molecule has 0 aliphatic carbocycles. The lowest BCUT2D eigenvalue weighted by Crippen LogP contribution is -2.46. The number of fused-ring (bicyclic) bond motifs is 1. The Kier molecular flexibility index (Phi) is 5.58. The minimum Gasteiger partial charge on any atom is -0.454 e. The van der Waals surface area contributed by atoms with E-state index in [1.807, 2.05) is 11.1 Å². The van der Waals surface area contributed by atoms with Gasteiger partial charge in [0, 0.05) is 25.3 Å². The molecule has 166 valence electrons. The number of aryl methyl sites for hydroxylation is 1. The Balaban J connectivity index is 1.45.